The van der Waals surface area contributed by atoms with Gasteiger partial charge in [0.25, 0.3) is 0 Å². The Kier molecular flexibility index (Phi) is 3.60. The molecule has 1 aliphatic rings. The number of rotatable bonds is 3. The van der Waals surface area contributed by atoms with Crippen molar-refractivity contribution in [2.45, 2.75) is 30.1 Å². The summed E-state index contributed by atoms with van der Waals surface area (Å²) in [7, 11) is -3.74. The van der Waals surface area contributed by atoms with Gasteiger partial charge in [0.2, 0.25) is 21.7 Å². The standard InChI is InChI=1S/C14H15N3O3S/c15-21(18,19)12-8-4-7-11(9-12)13-16-14(20-17-13)10-5-2-1-3-6-10/h1-2,4,7-10H,3,5-6H2,(H2,15,18,19). The van der Waals surface area contributed by atoms with Crippen LogP contribution in [0.3, 0.4) is 0 Å². The predicted octanol–water partition coefficient (Wildman–Crippen LogP) is 2.21. The summed E-state index contributed by atoms with van der Waals surface area (Å²) in [5.74, 6) is 1.21. The fourth-order valence-electron chi connectivity index (χ4n) is 2.35. The van der Waals surface area contributed by atoms with Crippen LogP contribution in [0.15, 0.2) is 45.8 Å². The van der Waals surface area contributed by atoms with Gasteiger partial charge in [0.05, 0.1) is 4.90 Å². The molecule has 0 aliphatic heterocycles. The van der Waals surface area contributed by atoms with Crippen molar-refractivity contribution in [1.29, 1.82) is 0 Å². The van der Waals surface area contributed by atoms with Crippen LogP contribution < -0.4 is 5.14 Å². The predicted molar refractivity (Wildman–Crippen MR) is 76.8 cm³/mol. The lowest BCUT2D eigenvalue weighted by Gasteiger charge is -2.12. The van der Waals surface area contributed by atoms with E-state index in [9.17, 15) is 8.42 Å². The van der Waals surface area contributed by atoms with Gasteiger partial charge < -0.3 is 4.52 Å². The number of primary sulfonamides is 1. The fourth-order valence-corrected chi connectivity index (χ4v) is 2.91. The van der Waals surface area contributed by atoms with Crippen molar-refractivity contribution in [1.82, 2.24) is 10.1 Å². The van der Waals surface area contributed by atoms with Crippen molar-refractivity contribution in [3.05, 3.63) is 42.3 Å². The molecular weight excluding hydrogens is 290 g/mol. The van der Waals surface area contributed by atoms with Gasteiger partial charge in [0.1, 0.15) is 0 Å². The van der Waals surface area contributed by atoms with E-state index in [2.05, 4.69) is 22.3 Å². The van der Waals surface area contributed by atoms with Crippen molar-refractivity contribution in [2.75, 3.05) is 0 Å². The Bertz CT molecular complexity index is 780. The highest BCUT2D eigenvalue weighted by Crippen LogP contribution is 2.29. The summed E-state index contributed by atoms with van der Waals surface area (Å²) in [4.78, 5) is 4.41. The molecular formula is C14H15N3O3S. The Morgan fingerprint density at radius 2 is 2.14 bits per heavy atom. The maximum absolute atomic E-state index is 11.4. The molecule has 0 fully saturated rings. The maximum Gasteiger partial charge on any atom is 0.238 e. The summed E-state index contributed by atoms with van der Waals surface area (Å²) in [6.45, 7) is 0. The molecule has 110 valence electrons. The van der Waals surface area contributed by atoms with Gasteiger partial charge >= 0.3 is 0 Å². The third-order valence-corrected chi connectivity index (χ3v) is 4.39. The Labute approximate surface area is 122 Å². The third-order valence-electron chi connectivity index (χ3n) is 3.48. The molecule has 1 unspecified atom stereocenters. The first-order valence-electron chi connectivity index (χ1n) is 6.66. The number of hydrogen-bond acceptors (Lipinski definition) is 5. The summed E-state index contributed by atoms with van der Waals surface area (Å²) < 4.78 is 28.1. The molecule has 1 aromatic heterocycles. The Balaban J connectivity index is 1.91. The molecule has 1 atom stereocenters. The highest BCUT2D eigenvalue weighted by atomic mass is 32.2. The van der Waals surface area contributed by atoms with Crippen LogP contribution in [0, 0.1) is 0 Å². The molecule has 2 aromatic rings. The number of sulfonamides is 1. The van der Waals surface area contributed by atoms with Crippen LogP contribution in [0.4, 0.5) is 0 Å². The van der Waals surface area contributed by atoms with E-state index in [4.69, 9.17) is 9.66 Å². The van der Waals surface area contributed by atoms with Crippen LogP contribution in [0.25, 0.3) is 11.4 Å². The van der Waals surface area contributed by atoms with E-state index in [-0.39, 0.29) is 10.8 Å². The van der Waals surface area contributed by atoms with Crippen LogP contribution in [0.5, 0.6) is 0 Å². The zero-order chi connectivity index (χ0) is 14.9. The molecule has 0 saturated carbocycles. The van der Waals surface area contributed by atoms with Crippen molar-refractivity contribution in [3.8, 4) is 11.4 Å². The van der Waals surface area contributed by atoms with Gasteiger partial charge in [-0.3, -0.25) is 0 Å². The molecule has 0 spiro atoms. The molecule has 1 aliphatic carbocycles. The lowest BCUT2D eigenvalue weighted by Crippen LogP contribution is -2.11. The summed E-state index contributed by atoms with van der Waals surface area (Å²) in [6.07, 6.45) is 7.13. The Morgan fingerprint density at radius 1 is 1.29 bits per heavy atom. The molecule has 6 nitrogen and oxygen atoms in total. The molecule has 21 heavy (non-hydrogen) atoms. The van der Waals surface area contributed by atoms with Gasteiger partial charge in [-0.05, 0) is 31.4 Å². The molecule has 3 rings (SSSR count). The van der Waals surface area contributed by atoms with E-state index < -0.39 is 10.0 Å². The van der Waals surface area contributed by atoms with Gasteiger partial charge in [-0.2, -0.15) is 4.98 Å². The van der Waals surface area contributed by atoms with Crippen LogP contribution >= 0.6 is 0 Å². The second kappa shape index (κ2) is 5.42. The number of hydrogen-bond donors (Lipinski definition) is 1. The van der Waals surface area contributed by atoms with E-state index in [1.165, 1.54) is 12.1 Å². The van der Waals surface area contributed by atoms with Crippen LogP contribution in [0.2, 0.25) is 0 Å². The second-order valence-electron chi connectivity index (χ2n) is 5.01. The van der Waals surface area contributed by atoms with Crippen LogP contribution in [-0.4, -0.2) is 18.6 Å². The van der Waals surface area contributed by atoms with E-state index >= 15 is 0 Å². The summed E-state index contributed by atoms with van der Waals surface area (Å²) in [5, 5.41) is 9.07. The van der Waals surface area contributed by atoms with E-state index in [0.717, 1.165) is 19.3 Å². The molecule has 1 heterocycles. The second-order valence-corrected chi connectivity index (χ2v) is 6.57. The Morgan fingerprint density at radius 3 is 2.86 bits per heavy atom. The van der Waals surface area contributed by atoms with Gasteiger partial charge in [-0.15, -0.1) is 0 Å². The highest BCUT2D eigenvalue weighted by Gasteiger charge is 2.20. The zero-order valence-electron chi connectivity index (χ0n) is 11.3. The maximum atomic E-state index is 11.4. The van der Waals surface area contributed by atoms with Crippen molar-refractivity contribution in [3.63, 3.8) is 0 Å². The number of allylic oxidation sites excluding steroid dienone is 2. The minimum atomic E-state index is -3.74. The average Bonchev–Trinajstić information content (AvgIpc) is 2.97. The fraction of sp³-hybridized carbons (Fsp3) is 0.286. The van der Waals surface area contributed by atoms with Gasteiger partial charge in [0.15, 0.2) is 0 Å². The zero-order valence-corrected chi connectivity index (χ0v) is 12.1. The van der Waals surface area contributed by atoms with Gasteiger partial charge in [-0.1, -0.05) is 29.4 Å². The van der Waals surface area contributed by atoms with Crippen molar-refractivity contribution >= 4 is 10.0 Å². The largest absolute Gasteiger partial charge is 0.339 e. The first kappa shape index (κ1) is 14.0. The van der Waals surface area contributed by atoms with E-state index in [1.54, 1.807) is 12.1 Å². The molecule has 7 heteroatoms. The molecule has 0 bridgehead atoms. The molecule has 0 amide bonds. The monoisotopic (exact) mass is 305 g/mol. The minimum absolute atomic E-state index is 0.0342. The van der Waals surface area contributed by atoms with Gasteiger partial charge in [-0.25, -0.2) is 13.6 Å². The number of benzene rings is 1. The van der Waals surface area contributed by atoms with Crippen molar-refractivity contribution < 1.29 is 12.9 Å². The highest BCUT2D eigenvalue weighted by molar-refractivity contribution is 7.89. The first-order valence-corrected chi connectivity index (χ1v) is 8.20. The molecule has 0 radical (unpaired) electrons. The smallest absolute Gasteiger partial charge is 0.238 e. The van der Waals surface area contributed by atoms with Crippen LogP contribution in [-0.2, 0) is 10.0 Å². The quantitative estimate of drug-likeness (QED) is 0.876. The van der Waals surface area contributed by atoms with E-state index in [0.29, 0.717) is 17.3 Å². The SMILES string of the molecule is NS(=O)(=O)c1cccc(-c2noc(C3CC=CCC3)n2)c1. The topological polar surface area (TPSA) is 99.1 Å². The minimum Gasteiger partial charge on any atom is -0.339 e. The van der Waals surface area contributed by atoms with Crippen LogP contribution in [0.1, 0.15) is 31.1 Å². The summed E-state index contributed by atoms with van der Waals surface area (Å²) in [5.41, 5.74) is 0.572. The lowest BCUT2D eigenvalue weighted by molar-refractivity contribution is 0.345. The normalized spacial score (nSPS) is 18.8. The van der Waals surface area contributed by atoms with Gasteiger partial charge in [0, 0.05) is 11.5 Å². The molecule has 1 aromatic carbocycles. The lowest BCUT2D eigenvalue weighted by atomic mass is 9.94. The van der Waals surface area contributed by atoms with E-state index in [1.807, 2.05) is 0 Å². The summed E-state index contributed by atoms with van der Waals surface area (Å²) >= 11 is 0. The average molecular weight is 305 g/mol. The third kappa shape index (κ3) is 3.03. The first-order chi connectivity index (χ1) is 10.0. The van der Waals surface area contributed by atoms with Crippen molar-refractivity contribution in [2.24, 2.45) is 5.14 Å². The molecule has 2 N–H and O–H groups in total. The Hall–Kier alpha value is -1.99. The number of aromatic nitrogens is 2. The summed E-state index contributed by atoms with van der Waals surface area (Å²) in [6, 6.07) is 6.22. The molecule has 0 saturated heterocycles. The number of nitrogens with two attached hydrogens (primary N) is 1. The number of nitrogens with zero attached hydrogens (tertiary/aromatic N) is 2.